The average molecular weight is 562 g/mol. The van der Waals surface area contributed by atoms with Gasteiger partial charge in [-0.1, -0.05) is 54.8 Å². The number of amides is 1. The van der Waals surface area contributed by atoms with Gasteiger partial charge in [0.15, 0.2) is 0 Å². The van der Waals surface area contributed by atoms with Crippen LogP contribution in [0.2, 0.25) is 5.02 Å². The van der Waals surface area contributed by atoms with E-state index in [-0.39, 0.29) is 35.0 Å². The predicted molar refractivity (Wildman–Crippen MR) is 145 cm³/mol. The average Bonchev–Trinajstić information content (AvgIpc) is 3.35. The number of unbranched alkanes of at least 4 members (excludes halogenated alkanes) is 1. The van der Waals surface area contributed by atoms with Gasteiger partial charge < -0.3 is 4.90 Å². The van der Waals surface area contributed by atoms with Gasteiger partial charge in [0.05, 0.1) is 22.4 Å². The number of carbonyl (C=O) groups is 1. The zero-order valence-corrected chi connectivity index (χ0v) is 23.0. The molecule has 1 aliphatic heterocycles. The minimum atomic E-state index is -4.19. The molecule has 2 aromatic carbocycles. The van der Waals surface area contributed by atoms with Crippen LogP contribution in [-0.2, 0) is 21.2 Å². The molecular weight excluding hydrogens is 534 g/mol. The molecule has 0 saturated carbocycles. The fraction of sp³-hybridized carbons (Fsp3) is 0.346. The summed E-state index contributed by atoms with van der Waals surface area (Å²) < 4.78 is 28.3. The molecular formula is C26H28ClN3O5S2. The predicted octanol–water partition coefficient (Wildman–Crippen LogP) is 5.58. The molecule has 1 atom stereocenters. The molecule has 1 aromatic heterocycles. The quantitative estimate of drug-likeness (QED) is 0.251. The molecule has 0 saturated heterocycles. The Morgan fingerprint density at radius 1 is 1.22 bits per heavy atom. The van der Waals surface area contributed by atoms with Crippen LogP contribution in [0.5, 0.6) is 0 Å². The van der Waals surface area contributed by atoms with Crippen LogP contribution >= 0.6 is 22.9 Å². The van der Waals surface area contributed by atoms with E-state index >= 15 is 0 Å². The number of benzene rings is 2. The number of thiophene rings is 1. The topological polar surface area (TPSA) is 101 Å². The van der Waals surface area contributed by atoms with Crippen LogP contribution in [0.15, 0.2) is 58.8 Å². The Kier molecular flexibility index (Phi) is 8.33. The second kappa shape index (κ2) is 11.3. The molecule has 1 amide bonds. The Balaban J connectivity index is 1.67. The van der Waals surface area contributed by atoms with Crippen molar-refractivity contribution in [1.82, 2.24) is 9.21 Å². The molecule has 2 heterocycles. The van der Waals surface area contributed by atoms with Gasteiger partial charge in [-0.3, -0.25) is 14.9 Å². The van der Waals surface area contributed by atoms with E-state index in [1.807, 2.05) is 49.6 Å². The smallest absolute Gasteiger partial charge is 0.289 e. The van der Waals surface area contributed by atoms with Crippen molar-refractivity contribution in [2.75, 3.05) is 19.6 Å². The second-order valence-electron chi connectivity index (χ2n) is 9.01. The number of aryl methyl sites for hydroxylation is 1. The van der Waals surface area contributed by atoms with Crippen LogP contribution in [0, 0.1) is 17.0 Å². The van der Waals surface area contributed by atoms with E-state index in [0.717, 1.165) is 33.5 Å². The molecule has 0 radical (unpaired) electrons. The van der Waals surface area contributed by atoms with Crippen molar-refractivity contribution in [1.29, 1.82) is 0 Å². The lowest BCUT2D eigenvalue weighted by atomic mass is 9.92. The van der Waals surface area contributed by atoms with Gasteiger partial charge in [-0.05, 0) is 54.5 Å². The van der Waals surface area contributed by atoms with Crippen molar-refractivity contribution in [3.05, 3.63) is 90.6 Å². The Morgan fingerprint density at radius 2 is 1.95 bits per heavy atom. The molecule has 37 heavy (non-hydrogen) atoms. The van der Waals surface area contributed by atoms with Crippen LogP contribution in [0.3, 0.4) is 0 Å². The van der Waals surface area contributed by atoms with Gasteiger partial charge in [-0.25, -0.2) is 8.42 Å². The van der Waals surface area contributed by atoms with Gasteiger partial charge in [-0.2, -0.15) is 4.31 Å². The number of sulfonamides is 1. The van der Waals surface area contributed by atoms with E-state index in [9.17, 15) is 23.3 Å². The Bertz CT molecular complexity index is 1410. The highest BCUT2D eigenvalue weighted by molar-refractivity contribution is 7.89. The maximum Gasteiger partial charge on any atom is 0.289 e. The molecule has 0 fully saturated rings. The first-order chi connectivity index (χ1) is 17.6. The molecule has 0 aliphatic carbocycles. The van der Waals surface area contributed by atoms with Gasteiger partial charge in [0.1, 0.15) is 5.02 Å². The van der Waals surface area contributed by atoms with Gasteiger partial charge in [0, 0.05) is 24.0 Å². The summed E-state index contributed by atoms with van der Waals surface area (Å²) in [7, 11) is -4.19. The molecule has 4 rings (SSSR count). The maximum absolute atomic E-state index is 13.8. The van der Waals surface area contributed by atoms with E-state index in [1.54, 1.807) is 16.2 Å². The molecule has 196 valence electrons. The van der Waals surface area contributed by atoms with Crippen molar-refractivity contribution in [2.45, 2.75) is 44.0 Å². The third-order valence-corrected chi connectivity index (χ3v) is 9.66. The normalized spacial score (nSPS) is 15.6. The SMILES string of the molecule is CCCCN(CC(=O)N1CCc2sccc2C1c1ccc(C)cc1)S(=O)(=O)c1ccc(Cl)c([N+](=O)[O-])c1. The highest BCUT2D eigenvalue weighted by atomic mass is 35.5. The molecule has 0 spiro atoms. The third-order valence-electron chi connectivity index (χ3n) is 6.50. The summed E-state index contributed by atoms with van der Waals surface area (Å²) in [5.41, 5.74) is 2.64. The first-order valence-corrected chi connectivity index (χ1v) is 14.7. The van der Waals surface area contributed by atoms with Crippen LogP contribution in [-0.4, -0.2) is 48.1 Å². The number of hydrogen-bond acceptors (Lipinski definition) is 6. The molecule has 0 N–H and O–H groups in total. The standard InChI is InChI=1S/C26H28ClN3O5S2/c1-3-4-13-28(37(34,35)20-9-10-22(27)23(16-20)30(32)33)17-25(31)29-14-11-24-21(12-15-36-24)26(29)19-7-5-18(2)6-8-19/h5-10,12,15-16,26H,3-4,11,13-14,17H2,1-2H3. The van der Waals surface area contributed by atoms with Crippen LogP contribution in [0.1, 0.15) is 47.4 Å². The summed E-state index contributed by atoms with van der Waals surface area (Å²) in [4.78, 5) is 27.1. The van der Waals surface area contributed by atoms with E-state index in [2.05, 4.69) is 0 Å². The maximum atomic E-state index is 13.8. The Hall–Kier alpha value is -2.79. The minimum absolute atomic E-state index is 0.119. The van der Waals surface area contributed by atoms with Crippen LogP contribution in [0.4, 0.5) is 5.69 Å². The summed E-state index contributed by atoms with van der Waals surface area (Å²) in [5, 5.41) is 13.2. The largest absolute Gasteiger partial charge is 0.330 e. The van der Waals surface area contributed by atoms with E-state index < -0.39 is 20.6 Å². The molecule has 0 bridgehead atoms. The highest BCUT2D eigenvalue weighted by Crippen LogP contribution is 2.38. The number of halogens is 1. The summed E-state index contributed by atoms with van der Waals surface area (Å²) in [6.07, 6.45) is 1.96. The monoisotopic (exact) mass is 561 g/mol. The van der Waals surface area contributed by atoms with Crippen molar-refractivity contribution < 1.29 is 18.1 Å². The zero-order valence-electron chi connectivity index (χ0n) is 20.6. The summed E-state index contributed by atoms with van der Waals surface area (Å²) in [5.74, 6) is -0.314. The number of nitro groups is 1. The lowest BCUT2D eigenvalue weighted by Gasteiger charge is -2.37. The molecule has 3 aromatic rings. The van der Waals surface area contributed by atoms with Gasteiger partial charge in [0.2, 0.25) is 15.9 Å². The Labute approximate surface area is 225 Å². The summed E-state index contributed by atoms with van der Waals surface area (Å²) >= 11 is 7.56. The zero-order chi connectivity index (χ0) is 26.7. The van der Waals surface area contributed by atoms with E-state index in [1.165, 1.54) is 17.0 Å². The third kappa shape index (κ3) is 5.72. The number of nitro benzene ring substituents is 1. The van der Waals surface area contributed by atoms with Gasteiger partial charge >= 0.3 is 0 Å². The molecule has 1 unspecified atom stereocenters. The summed E-state index contributed by atoms with van der Waals surface area (Å²) in [6.45, 7) is 4.16. The van der Waals surface area contributed by atoms with Crippen LogP contribution < -0.4 is 0 Å². The van der Waals surface area contributed by atoms with Crippen molar-refractivity contribution >= 4 is 44.6 Å². The van der Waals surface area contributed by atoms with Gasteiger partial charge in [-0.15, -0.1) is 11.3 Å². The number of carbonyl (C=O) groups excluding carboxylic acids is 1. The van der Waals surface area contributed by atoms with Crippen molar-refractivity contribution in [3.8, 4) is 0 Å². The summed E-state index contributed by atoms with van der Waals surface area (Å²) in [6, 6.07) is 13.1. The lowest BCUT2D eigenvalue weighted by molar-refractivity contribution is -0.384. The fourth-order valence-corrected chi connectivity index (χ4v) is 7.03. The Morgan fingerprint density at radius 3 is 2.62 bits per heavy atom. The second-order valence-corrected chi connectivity index (χ2v) is 12.4. The van der Waals surface area contributed by atoms with E-state index in [0.29, 0.717) is 19.4 Å². The van der Waals surface area contributed by atoms with E-state index in [4.69, 9.17) is 11.6 Å². The molecule has 8 nitrogen and oxygen atoms in total. The fourth-order valence-electron chi connectivity index (χ4n) is 4.50. The molecule has 1 aliphatic rings. The minimum Gasteiger partial charge on any atom is -0.330 e. The lowest BCUT2D eigenvalue weighted by Crippen LogP contribution is -2.47. The van der Waals surface area contributed by atoms with Crippen molar-refractivity contribution in [2.24, 2.45) is 0 Å². The number of hydrogen-bond donors (Lipinski definition) is 0. The first kappa shape index (κ1) is 27.3. The van der Waals surface area contributed by atoms with Crippen molar-refractivity contribution in [3.63, 3.8) is 0 Å². The number of nitrogens with zero attached hydrogens (tertiary/aromatic N) is 3. The van der Waals surface area contributed by atoms with Gasteiger partial charge in [0.25, 0.3) is 5.69 Å². The number of rotatable bonds is 9. The molecule has 11 heteroatoms. The van der Waals surface area contributed by atoms with Crippen LogP contribution in [0.25, 0.3) is 0 Å². The number of fused-ring (bicyclic) bond motifs is 1. The highest BCUT2D eigenvalue weighted by Gasteiger charge is 2.36. The first-order valence-electron chi connectivity index (χ1n) is 12.0.